The van der Waals surface area contributed by atoms with Crippen molar-refractivity contribution in [3.63, 3.8) is 0 Å². The highest BCUT2D eigenvalue weighted by Crippen LogP contribution is 2.27. The van der Waals surface area contributed by atoms with E-state index in [1.165, 1.54) is 12.8 Å². The Morgan fingerprint density at radius 1 is 1.38 bits per heavy atom. The van der Waals surface area contributed by atoms with Crippen LogP contribution in [0.1, 0.15) is 32.3 Å². The molecular weight excluding hydrogens is 264 g/mol. The van der Waals surface area contributed by atoms with Crippen LogP contribution in [0.25, 0.3) is 0 Å². The van der Waals surface area contributed by atoms with Crippen molar-refractivity contribution in [2.24, 2.45) is 5.92 Å². The third-order valence-electron chi connectivity index (χ3n) is 4.52. The van der Waals surface area contributed by atoms with Gasteiger partial charge in [0.25, 0.3) is 0 Å². The lowest BCUT2D eigenvalue weighted by atomic mass is 9.89. The highest BCUT2D eigenvalue weighted by Gasteiger charge is 2.42. The van der Waals surface area contributed by atoms with Gasteiger partial charge in [-0.1, -0.05) is 50.6 Å². The SMILES string of the molecule is CCNC(CN1CCC(CC)C1)(C(=O)O)c1ccccc1. The largest absolute Gasteiger partial charge is 0.480 e. The first-order valence-corrected chi connectivity index (χ1v) is 7.88. The van der Waals surface area contributed by atoms with Gasteiger partial charge in [0.2, 0.25) is 0 Å². The molecule has 2 unspecified atom stereocenters. The van der Waals surface area contributed by atoms with Gasteiger partial charge in [-0.05, 0) is 31.0 Å². The third kappa shape index (κ3) is 3.44. The standard InChI is InChI=1S/C17H26N2O2/c1-3-14-10-11-19(12-14)13-17(16(20)21,18-4-2)15-8-6-5-7-9-15/h5-9,14,18H,3-4,10-13H2,1-2H3,(H,20,21). The van der Waals surface area contributed by atoms with E-state index in [2.05, 4.69) is 17.1 Å². The van der Waals surface area contributed by atoms with Crippen molar-refractivity contribution < 1.29 is 9.90 Å². The molecule has 1 heterocycles. The first kappa shape index (κ1) is 16.0. The molecule has 1 aromatic rings. The Bertz CT molecular complexity index is 463. The number of carboxylic acids is 1. The Balaban J connectivity index is 2.25. The van der Waals surface area contributed by atoms with Crippen LogP contribution in [0.4, 0.5) is 0 Å². The molecule has 4 heteroatoms. The minimum Gasteiger partial charge on any atom is -0.480 e. The molecule has 0 spiro atoms. The summed E-state index contributed by atoms with van der Waals surface area (Å²) in [6.07, 6.45) is 2.34. The number of carbonyl (C=O) groups is 1. The number of hydrogen-bond donors (Lipinski definition) is 2. The van der Waals surface area contributed by atoms with Gasteiger partial charge < -0.3 is 10.0 Å². The van der Waals surface area contributed by atoms with Crippen LogP contribution in [-0.2, 0) is 10.3 Å². The second kappa shape index (κ2) is 7.05. The normalized spacial score (nSPS) is 22.1. The van der Waals surface area contributed by atoms with E-state index >= 15 is 0 Å². The minimum absolute atomic E-state index is 0.524. The van der Waals surface area contributed by atoms with E-state index in [4.69, 9.17) is 0 Å². The molecule has 0 amide bonds. The molecule has 4 nitrogen and oxygen atoms in total. The van der Waals surface area contributed by atoms with Crippen molar-refractivity contribution in [3.05, 3.63) is 35.9 Å². The van der Waals surface area contributed by atoms with Crippen molar-refractivity contribution in [2.45, 2.75) is 32.2 Å². The smallest absolute Gasteiger partial charge is 0.329 e. The summed E-state index contributed by atoms with van der Waals surface area (Å²) in [5.41, 5.74) is -0.183. The number of likely N-dealkylation sites (N-methyl/N-ethyl adjacent to an activating group) is 1. The predicted molar refractivity (Wildman–Crippen MR) is 84.3 cm³/mol. The molecule has 1 aliphatic heterocycles. The predicted octanol–water partition coefficient (Wildman–Crippen LogP) is 2.31. The van der Waals surface area contributed by atoms with Crippen LogP contribution in [-0.4, -0.2) is 42.2 Å². The molecule has 21 heavy (non-hydrogen) atoms. The lowest BCUT2D eigenvalue weighted by molar-refractivity contribution is -0.146. The number of benzene rings is 1. The average Bonchev–Trinajstić information content (AvgIpc) is 2.95. The lowest BCUT2D eigenvalue weighted by Crippen LogP contribution is -2.56. The highest BCUT2D eigenvalue weighted by molar-refractivity contribution is 5.81. The lowest BCUT2D eigenvalue weighted by Gasteiger charge is -2.34. The topological polar surface area (TPSA) is 52.6 Å². The second-order valence-corrected chi connectivity index (χ2v) is 5.90. The first-order valence-electron chi connectivity index (χ1n) is 7.88. The monoisotopic (exact) mass is 290 g/mol. The maximum Gasteiger partial charge on any atom is 0.329 e. The third-order valence-corrected chi connectivity index (χ3v) is 4.52. The molecule has 1 saturated heterocycles. The van der Waals surface area contributed by atoms with Crippen LogP contribution >= 0.6 is 0 Å². The molecule has 0 aromatic heterocycles. The van der Waals surface area contributed by atoms with E-state index in [1.54, 1.807) is 0 Å². The fraction of sp³-hybridized carbons (Fsp3) is 0.588. The van der Waals surface area contributed by atoms with E-state index in [0.717, 1.165) is 18.7 Å². The number of carboxylic acid groups (broad SMARTS) is 1. The van der Waals surface area contributed by atoms with Gasteiger partial charge in [-0.2, -0.15) is 0 Å². The van der Waals surface area contributed by atoms with Crippen molar-refractivity contribution in [3.8, 4) is 0 Å². The molecular formula is C17H26N2O2. The van der Waals surface area contributed by atoms with Crippen molar-refractivity contribution in [1.82, 2.24) is 10.2 Å². The molecule has 0 saturated carbocycles. The molecule has 0 bridgehead atoms. The summed E-state index contributed by atoms with van der Waals surface area (Å²) in [6.45, 7) is 7.32. The van der Waals surface area contributed by atoms with Gasteiger partial charge in [-0.15, -0.1) is 0 Å². The van der Waals surface area contributed by atoms with Crippen molar-refractivity contribution in [2.75, 3.05) is 26.2 Å². The fourth-order valence-corrected chi connectivity index (χ4v) is 3.27. The van der Waals surface area contributed by atoms with Crippen molar-refractivity contribution in [1.29, 1.82) is 0 Å². The summed E-state index contributed by atoms with van der Waals surface area (Å²) in [5.74, 6) is -0.0932. The zero-order valence-corrected chi connectivity index (χ0v) is 13.0. The van der Waals surface area contributed by atoms with Crippen LogP contribution in [0, 0.1) is 5.92 Å². The Hall–Kier alpha value is -1.39. The molecule has 2 rings (SSSR count). The van der Waals surface area contributed by atoms with Crippen LogP contribution in [0.5, 0.6) is 0 Å². The molecule has 2 atom stereocenters. The zero-order chi connectivity index (χ0) is 15.3. The van der Waals surface area contributed by atoms with E-state index < -0.39 is 11.5 Å². The number of aliphatic carboxylic acids is 1. The Kier molecular flexibility index (Phi) is 5.37. The molecule has 1 fully saturated rings. The van der Waals surface area contributed by atoms with Crippen molar-refractivity contribution >= 4 is 5.97 Å². The maximum absolute atomic E-state index is 12.1. The number of likely N-dealkylation sites (tertiary alicyclic amines) is 1. The van der Waals surface area contributed by atoms with Gasteiger partial charge in [-0.25, -0.2) is 4.79 Å². The Morgan fingerprint density at radius 3 is 2.62 bits per heavy atom. The van der Waals surface area contributed by atoms with Gasteiger partial charge in [0.15, 0.2) is 5.54 Å². The van der Waals surface area contributed by atoms with Gasteiger partial charge in [-0.3, -0.25) is 5.32 Å². The van der Waals surface area contributed by atoms with E-state index in [9.17, 15) is 9.90 Å². The van der Waals surface area contributed by atoms with Crippen LogP contribution in [0.2, 0.25) is 0 Å². The van der Waals surface area contributed by atoms with Gasteiger partial charge in [0, 0.05) is 13.1 Å². The van der Waals surface area contributed by atoms with E-state index in [1.807, 2.05) is 37.3 Å². The summed E-state index contributed by atoms with van der Waals surface area (Å²) < 4.78 is 0. The quantitative estimate of drug-likeness (QED) is 0.809. The molecule has 1 aromatic carbocycles. The fourth-order valence-electron chi connectivity index (χ4n) is 3.27. The van der Waals surface area contributed by atoms with Gasteiger partial charge >= 0.3 is 5.97 Å². The van der Waals surface area contributed by atoms with Gasteiger partial charge in [0.1, 0.15) is 0 Å². The van der Waals surface area contributed by atoms with Crippen LogP contribution in [0.15, 0.2) is 30.3 Å². The van der Waals surface area contributed by atoms with E-state index in [0.29, 0.717) is 19.0 Å². The second-order valence-electron chi connectivity index (χ2n) is 5.90. The number of rotatable bonds is 7. The molecule has 0 aliphatic carbocycles. The number of hydrogen-bond acceptors (Lipinski definition) is 3. The number of nitrogens with one attached hydrogen (secondary N) is 1. The number of nitrogens with zero attached hydrogens (tertiary/aromatic N) is 1. The summed E-state index contributed by atoms with van der Waals surface area (Å²) >= 11 is 0. The van der Waals surface area contributed by atoms with Crippen LogP contribution in [0.3, 0.4) is 0 Å². The summed E-state index contributed by atoms with van der Waals surface area (Å²) in [4.78, 5) is 14.4. The van der Waals surface area contributed by atoms with Gasteiger partial charge in [0.05, 0.1) is 0 Å². The minimum atomic E-state index is -1.02. The maximum atomic E-state index is 12.1. The zero-order valence-electron chi connectivity index (χ0n) is 13.0. The Labute approximate surface area is 127 Å². The van der Waals surface area contributed by atoms with E-state index in [-0.39, 0.29) is 0 Å². The Morgan fingerprint density at radius 2 is 2.10 bits per heavy atom. The first-order chi connectivity index (χ1) is 10.1. The summed E-state index contributed by atoms with van der Waals surface area (Å²) in [6, 6.07) is 9.55. The average molecular weight is 290 g/mol. The summed E-state index contributed by atoms with van der Waals surface area (Å²) in [5, 5.41) is 13.1. The molecule has 0 radical (unpaired) electrons. The molecule has 116 valence electrons. The van der Waals surface area contributed by atoms with Crippen LogP contribution < -0.4 is 5.32 Å². The molecule has 1 aliphatic rings. The highest BCUT2D eigenvalue weighted by atomic mass is 16.4. The molecule has 2 N–H and O–H groups in total. The summed E-state index contributed by atoms with van der Waals surface area (Å²) in [7, 11) is 0.